The second-order valence-corrected chi connectivity index (χ2v) is 10.3. The van der Waals surface area contributed by atoms with Crippen molar-refractivity contribution in [1.29, 1.82) is 5.26 Å². The highest BCUT2D eigenvalue weighted by Crippen LogP contribution is 2.33. The maximum atomic E-state index is 12.7. The number of aryl methyl sites for hydroxylation is 1. The highest BCUT2D eigenvalue weighted by atomic mass is 79.9. The molecule has 0 aliphatic carbocycles. The highest BCUT2D eigenvalue weighted by Gasteiger charge is 2.27. The van der Waals surface area contributed by atoms with Gasteiger partial charge in [0, 0.05) is 15.0 Å². The molecule has 0 saturated heterocycles. The van der Waals surface area contributed by atoms with Crippen LogP contribution in [0.3, 0.4) is 0 Å². The van der Waals surface area contributed by atoms with Crippen LogP contribution in [0, 0.1) is 28.4 Å². The number of carbonyl (C=O) groups is 1. The molecular formula is C23H15Br2N3O6S. The Kier molecular flexibility index (Phi) is 8.06. The number of carbonyl (C=O) groups excluding carboxylic acids is 1. The van der Waals surface area contributed by atoms with Crippen LogP contribution in [-0.2, 0) is 14.9 Å². The minimum absolute atomic E-state index is 0.154. The van der Waals surface area contributed by atoms with Gasteiger partial charge < -0.3 is 9.50 Å². The van der Waals surface area contributed by atoms with Gasteiger partial charge in [-0.25, -0.2) is 0 Å². The van der Waals surface area contributed by atoms with E-state index in [-0.39, 0.29) is 11.3 Å². The van der Waals surface area contributed by atoms with Crippen molar-refractivity contribution in [2.75, 3.05) is 5.32 Å². The van der Waals surface area contributed by atoms with E-state index in [1.54, 1.807) is 12.1 Å². The predicted octanol–water partition coefficient (Wildman–Crippen LogP) is 5.74. The first-order chi connectivity index (χ1) is 16.5. The van der Waals surface area contributed by atoms with Gasteiger partial charge in [0.2, 0.25) is 0 Å². The molecule has 0 spiro atoms. The number of para-hydroxylation sites is 1. The fourth-order valence-electron chi connectivity index (χ4n) is 2.96. The van der Waals surface area contributed by atoms with E-state index in [2.05, 4.69) is 37.2 Å². The van der Waals surface area contributed by atoms with Crippen LogP contribution < -0.4 is 9.50 Å². The zero-order valence-corrected chi connectivity index (χ0v) is 21.8. The van der Waals surface area contributed by atoms with Gasteiger partial charge in [-0.15, -0.1) is 0 Å². The van der Waals surface area contributed by atoms with Crippen LogP contribution in [0.15, 0.2) is 80.1 Å². The van der Waals surface area contributed by atoms with Gasteiger partial charge >= 0.3 is 10.1 Å². The first-order valence-electron chi connectivity index (χ1n) is 9.68. The average Bonchev–Trinajstić information content (AvgIpc) is 2.79. The normalized spacial score (nSPS) is 11.4. The third-order valence-corrected chi connectivity index (χ3v) is 7.04. The minimum Gasteiger partial charge on any atom is -0.379 e. The Morgan fingerprint density at radius 2 is 1.77 bits per heavy atom. The SMILES string of the molecule is Cc1cc(Br)c(NC(=O)/C(C#N)=C/c2cccc(OS(=O)(=O)c3ccccc3[N+](=O)[O-])c2)c(Br)c1. The highest BCUT2D eigenvalue weighted by molar-refractivity contribution is 9.11. The molecule has 3 aromatic rings. The second-order valence-electron chi connectivity index (χ2n) is 7.06. The van der Waals surface area contributed by atoms with Crippen LogP contribution in [0.2, 0.25) is 0 Å². The summed E-state index contributed by atoms with van der Waals surface area (Å²) in [6, 6.07) is 15.8. The number of hydrogen-bond donors (Lipinski definition) is 1. The fourth-order valence-corrected chi connectivity index (χ4v) is 5.67. The number of anilines is 1. The molecule has 1 amide bonds. The maximum absolute atomic E-state index is 12.7. The van der Waals surface area contributed by atoms with Gasteiger partial charge in [0.1, 0.15) is 17.4 Å². The lowest BCUT2D eigenvalue weighted by atomic mass is 10.1. The number of nitro groups is 1. The van der Waals surface area contributed by atoms with Crippen LogP contribution >= 0.6 is 31.9 Å². The Labute approximate surface area is 217 Å². The molecule has 0 aliphatic rings. The van der Waals surface area contributed by atoms with Crippen molar-refractivity contribution in [1.82, 2.24) is 0 Å². The number of benzene rings is 3. The van der Waals surface area contributed by atoms with E-state index < -0.39 is 31.5 Å². The van der Waals surface area contributed by atoms with Crippen LogP contribution in [0.25, 0.3) is 6.08 Å². The van der Waals surface area contributed by atoms with Gasteiger partial charge in [0.05, 0.1) is 10.6 Å². The van der Waals surface area contributed by atoms with E-state index in [1.165, 1.54) is 42.5 Å². The standard InChI is InChI=1S/C23H15Br2N3O6S/c1-14-9-18(24)22(19(25)10-14)27-23(29)16(13-26)11-15-5-4-6-17(12-15)34-35(32,33)21-8-3-2-7-20(21)28(30)31/h2-12H,1H3,(H,27,29)/b16-11+. The quantitative estimate of drug-likeness (QED) is 0.117. The summed E-state index contributed by atoms with van der Waals surface area (Å²) in [7, 11) is -4.53. The molecule has 0 unspecified atom stereocenters. The summed E-state index contributed by atoms with van der Waals surface area (Å²) in [6.45, 7) is 1.88. The molecule has 12 heteroatoms. The van der Waals surface area contributed by atoms with E-state index in [0.29, 0.717) is 20.2 Å². The molecule has 35 heavy (non-hydrogen) atoms. The lowest BCUT2D eigenvalue weighted by Crippen LogP contribution is -2.14. The number of halogens is 2. The molecule has 0 bridgehead atoms. The average molecular weight is 621 g/mol. The van der Waals surface area contributed by atoms with E-state index in [0.717, 1.165) is 17.7 Å². The molecule has 9 nitrogen and oxygen atoms in total. The fraction of sp³-hybridized carbons (Fsp3) is 0.0435. The Morgan fingerprint density at radius 1 is 1.11 bits per heavy atom. The number of nitro benzene ring substituents is 1. The zero-order chi connectivity index (χ0) is 25.8. The van der Waals surface area contributed by atoms with E-state index in [9.17, 15) is 28.6 Å². The van der Waals surface area contributed by atoms with Crippen molar-refractivity contribution >= 4 is 65.3 Å². The minimum atomic E-state index is -4.53. The van der Waals surface area contributed by atoms with Gasteiger partial charge in [-0.1, -0.05) is 24.3 Å². The van der Waals surface area contributed by atoms with Crippen molar-refractivity contribution in [3.05, 3.63) is 96.4 Å². The molecule has 0 aromatic heterocycles. The first-order valence-corrected chi connectivity index (χ1v) is 12.7. The summed E-state index contributed by atoms with van der Waals surface area (Å²) >= 11 is 6.74. The Bertz CT molecular complexity index is 1490. The first kappa shape index (κ1) is 26.1. The van der Waals surface area contributed by atoms with Gasteiger partial charge in [0.25, 0.3) is 11.6 Å². The summed E-state index contributed by atoms with van der Waals surface area (Å²) in [5, 5.41) is 23.4. The smallest absolute Gasteiger partial charge is 0.346 e. The molecular weight excluding hydrogens is 606 g/mol. The monoisotopic (exact) mass is 619 g/mol. The lowest BCUT2D eigenvalue weighted by molar-refractivity contribution is -0.387. The van der Waals surface area contributed by atoms with Crippen molar-refractivity contribution in [3.63, 3.8) is 0 Å². The molecule has 0 saturated carbocycles. The predicted molar refractivity (Wildman–Crippen MR) is 136 cm³/mol. The molecule has 0 aliphatic heterocycles. The van der Waals surface area contributed by atoms with Crippen molar-refractivity contribution in [2.45, 2.75) is 11.8 Å². The van der Waals surface area contributed by atoms with Gasteiger partial charge in [-0.05, 0) is 86.3 Å². The lowest BCUT2D eigenvalue weighted by Gasteiger charge is -2.10. The maximum Gasteiger partial charge on any atom is 0.346 e. The van der Waals surface area contributed by atoms with Crippen LogP contribution in [0.5, 0.6) is 5.75 Å². The molecule has 0 radical (unpaired) electrons. The number of nitrogens with one attached hydrogen (secondary N) is 1. The molecule has 0 atom stereocenters. The van der Waals surface area contributed by atoms with Gasteiger partial charge in [-0.3, -0.25) is 14.9 Å². The second kappa shape index (κ2) is 10.8. The molecule has 0 heterocycles. The topological polar surface area (TPSA) is 139 Å². The largest absolute Gasteiger partial charge is 0.379 e. The Hall–Kier alpha value is -3.53. The molecule has 3 rings (SSSR count). The zero-order valence-electron chi connectivity index (χ0n) is 17.9. The Morgan fingerprint density at radius 3 is 2.40 bits per heavy atom. The summed E-state index contributed by atoms with van der Waals surface area (Å²) in [4.78, 5) is 22.5. The van der Waals surface area contributed by atoms with E-state index in [1.807, 2.05) is 13.0 Å². The number of nitriles is 1. The van der Waals surface area contributed by atoms with Crippen LogP contribution in [0.4, 0.5) is 11.4 Å². The Balaban J connectivity index is 1.88. The summed E-state index contributed by atoms with van der Waals surface area (Å²) < 4.78 is 31.6. The van der Waals surface area contributed by atoms with E-state index >= 15 is 0 Å². The van der Waals surface area contributed by atoms with E-state index in [4.69, 9.17) is 4.18 Å². The summed E-state index contributed by atoms with van der Waals surface area (Å²) in [5.74, 6) is -0.838. The van der Waals surface area contributed by atoms with Crippen LogP contribution in [0.1, 0.15) is 11.1 Å². The summed E-state index contributed by atoms with van der Waals surface area (Å²) in [6.07, 6.45) is 1.26. The van der Waals surface area contributed by atoms with Crippen molar-refractivity contribution in [2.24, 2.45) is 0 Å². The third kappa shape index (κ3) is 6.33. The van der Waals surface area contributed by atoms with Crippen molar-refractivity contribution in [3.8, 4) is 11.8 Å². The van der Waals surface area contributed by atoms with Crippen molar-refractivity contribution < 1.29 is 22.3 Å². The molecule has 1 N–H and O–H groups in total. The molecule has 3 aromatic carbocycles. The molecule has 178 valence electrons. The molecule has 0 fully saturated rings. The number of amides is 1. The number of hydrogen-bond acceptors (Lipinski definition) is 7. The van der Waals surface area contributed by atoms with Gasteiger partial charge in [-0.2, -0.15) is 13.7 Å². The number of rotatable bonds is 7. The van der Waals surface area contributed by atoms with Crippen LogP contribution in [-0.4, -0.2) is 19.2 Å². The number of nitrogens with zero attached hydrogens (tertiary/aromatic N) is 2. The third-order valence-electron chi connectivity index (χ3n) is 4.50. The van der Waals surface area contributed by atoms with Gasteiger partial charge in [0.15, 0.2) is 4.90 Å². The summed E-state index contributed by atoms with van der Waals surface area (Å²) in [5.41, 5.74) is 0.817.